The molecule has 7 heteroatoms. The van der Waals surface area contributed by atoms with Crippen molar-refractivity contribution in [3.63, 3.8) is 0 Å². The molecule has 144 valence electrons. The summed E-state index contributed by atoms with van der Waals surface area (Å²) >= 11 is 2.14. The Kier molecular flexibility index (Phi) is 6.45. The molecule has 0 amide bonds. The summed E-state index contributed by atoms with van der Waals surface area (Å²) in [4.78, 5) is 16.4. The Hall–Kier alpha value is -2.68. The average Bonchev–Trinajstić information content (AvgIpc) is 3.02. The SMILES string of the molecule is C=CCOc1c(I)cc(/C=C2\N=C(c3cccc(F)c3)OC2=O)cc1OCC. The van der Waals surface area contributed by atoms with Gasteiger partial charge in [0.05, 0.1) is 10.2 Å². The fourth-order valence-corrected chi connectivity index (χ4v) is 3.31. The molecule has 5 nitrogen and oxygen atoms in total. The van der Waals surface area contributed by atoms with Crippen LogP contribution < -0.4 is 9.47 Å². The van der Waals surface area contributed by atoms with Gasteiger partial charge >= 0.3 is 5.97 Å². The zero-order valence-corrected chi connectivity index (χ0v) is 17.2. The Labute approximate surface area is 175 Å². The molecule has 0 fully saturated rings. The number of hydrogen-bond donors (Lipinski definition) is 0. The summed E-state index contributed by atoms with van der Waals surface area (Å²) in [5, 5.41) is 0. The van der Waals surface area contributed by atoms with E-state index < -0.39 is 11.8 Å². The number of carbonyl (C=O) groups is 1. The molecule has 2 aromatic rings. The van der Waals surface area contributed by atoms with Gasteiger partial charge in [0.2, 0.25) is 5.90 Å². The lowest BCUT2D eigenvalue weighted by Gasteiger charge is -2.13. The van der Waals surface area contributed by atoms with Gasteiger partial charge in [0.15, 0.2) is 17.2 Å². The van der Waals surface area contributed by atoms with E-state index in [9.17, 15) is 9.18 Å². The number of cyclic esters (lactones) is 1. The Balaban J connectivity index is 1.95. The molecule has 0 saturated heterocycles. The number of hydrogen-bond acceptors (Lipinski definition) is 5. The van der Waals surface area contributed by atoms with Crippen LogP contribution in [0.15, 0.2) is 59.7 Å². The average molecular weight is 493 g/mol. The standard InChI is InChI=1S/C21H17FINO4/c1-3-8-27-19-16(23)9-13(11-18(19)26-4-2)10-17-21(25)28-20(24-17)14-6-5-7-15(22)12-14/h3,5-7,9-12H,1,4,8H2,2H3/b17-10-. The molecule has 0 unspecified atom stereocenters. The summed E-state index contributed by atoms with van der Waals surface area (Å²) in [6.07, 6.45) is 3.25. The molecule has 0 radical (unpaired) electrons. The zero-order chi connectivity index (χ0) is 20.1. The van der Waals surface area contributed by atoms with Crippen molar-refractivity contribution >= 4 is 40.5 Å². The van der Waals surface area contributed by atoms with Crippen molar-refractivity contribution in [1.29, 1.82) is 0 Å². The Bertz CT molecular complexity index is 984. The lowest BCUT2D eigenvalue weighted by atomic mass is 10.1. The van der Waals surface area contributed by atoms with Crippen molar-refractivity contribution in [2.75, 3.05) is 13.2 Å². The van der Waals surface area contributed by atoms with Gasteiger partial charge in [-0.05, 0) is 71.5 Å². The molecule has 0 bridgehead atoms. The summed E-state index contributed by atoms with van der Waals surface area (Å²) in [6.45, 7) is 6.33. The second-order valence-electron chi connectivity index (χ2n) is 5.71. The molecule has 3 rings (SSSR count). The number of nitrogens with zero attached hydrogens (tertiary/aromatic N) is 1. The van der Waals surface area contributed by atoms with Gasteiger partial charge in [0.25, 0.3) is 0 Å². The summed E-state index contributed by atoms with van der Waals surface area (Å²) in [6, 6.07) is 9.33. The fourth-order valence-electron chi connectivity index (χ4n) is 2.53. The van der Waals surface area contributed by atoms with E-state index >= 15 is 0 Å². The number of aliphatic imine (C=N–C) groups is 1. The maximum atomic E-state index is 13.4. The monoisotopic (exact) mass is 493 g/mol. The molecule has 0 atom stereocenters. The van der Waals surface area contributed by atoms with Crippen molar-refractivity contribution in [2.24, 2.45) is 4.99 Å². The molecule has 1 heterocycles. The first-order valence-electron chi connectivity index (χ1n) is 8.50. The first-order valence-corrected chi connectivity index (χ1v) is 9.58. The van der Waals surface area contributed by atoms with Gasteiger partial charge in [-0.15, -0.1) is 0 Å². The molecule has 0 N–H and O–H groups in total. The van der Waals surface area contributed by atoms with Crippen LogP contribution in [0.2, 0.25) is 0 Å². The highest BCUT2D eigenvalue weighted by Crippen LogP contribution is 2.35. The van der Waals surface area contributed by atoms with E-state index in [1.807, 2.05) is 13.0 Å². The third kappa shape index (κ3) is 4.59. The predicted octanol–water partition coefficient (Wildman–Crippen LogP) is 4.74. The highest BCUT2D eigenvalue weighted by molar-refractivity contribution is 14.1. The third-order valence-electron chi connectivity index (χ3n) is 3.67. The minimum absolute atomic E-state index is 0.0708. The fraction of sp³-hybridized carbons (Fsp3) is 0.143. The summed E-state index contributed by atoms with van der Waals surface area (Å²) in [7, 11) is 0. The highest BCUT2D eigenvalue weighted by atomic mass is 127. The lowest BCUT2D eigenvalue weighted by molar-refractivity contribution is -0.129. The number of esters is 1. The Morgan fingerprint density at radius 2 is 2.11 bits per heavy atom. The third-order valence-corrected chi connectivity index (χ3v) is 4.47. The molecule has 0 spiro atoms. The Morgan fingerprint density at radius 3 is 2.82 bits per heavy atom. The van der Waals surface area contributed by atoms with Crippen molar-refractivity contribution in [3.8, 4) is 11.5 Å². The first-order chi connectivity index (χ1) is 13.5. The molecule has 1 aliphatic rings. The first kappa shape index (κ1) is 20.1. The molecule has 1 aliphatic heterocycles. The van der Waals surface area contributed by atoms with Crippen molar-refractivity contribution in [1.82, 2.24) is 0 Å². The van der Waals surface area contributed by atoms with Gasteiger partial charge in [0, 0.05) is 5.56 Å². The number of carbonyl (C=O) groups excluding carboxylic acids is 1. The molecule has 2 aromatic carbocycles. The van der Waals surface area contributed by atoms with Gasteiger partial charge in [-0.3, -0.25) is 0 Å². The van der Waals surface area contributed by atoms with E-state index in [0.29, 0.717) is 35.8 Å². The van der Waals surface area contributed by atoms with E-state index in [0.717, 1.165) is 3.57 Å². The van der Waals surface area contributed by atoms with Gasteiger partial charge in [-0.2, -0.15) is 0 Å². The van der Waals surface area contributed by atoms with E-state index in [4.69, 9.17) is 14.2 Å². The normalized spacial score (nSPS) is 14.6. The van der Waals surface area contributed by atoms with Crippen molar-refractivity contribution in [2.45, 2.75) is 6.92 Å². The van der Waals surface area contributed by atoms with Gasteiger partial charge in [-0.25, -0.2) is 14.2 Å². The van der Waals surface area contributed by atoms with E-state index in [1.54, 1.807) is 24.3 Å². The summed E-state index contributed by atoms with van der Waals surface area (Å²) < 4.78 is 30.7. The van der Waals surface area contributed by atoms with Gasteiger partial charge < -0.3 is 14.2 Å². The number of ether oxygens (including phenoxy) is 3. The van der Waals surface area contributed by atoms with Crippen LogP contribution in [0, 0.1) is 9.39 Å². The highest BCUT2D eigenvalue weighted by Gasteiger charge is 2.24. The van der Waals surface area contributed by atoms with Gasteiger partial charge in [0.1, 0.15) is 12.4 Å². The van der Waals surface area contributed by atoms with E-state index in [2.05, 4.69) is 34.2 Å². The molecular weight excluding hydrogens is 476 g/mol. The van der Waals surface area contributed by atoms with Gasteiger partial charge in [-0.1, -0.05) is 18.7 Å². The Morgan fingerprint density at radius 1 is 1.29 bits per heavy atom. The molecule has 0 aliphatic carbocycles. The lowest BCUT2D eigenvalue weighted by Crippen LogP contribution is -2.05. The second-order valence-corrected chi connectivity index (χ2v) is 6.87. The van der Waals surface area contributed by atoms with Crippen LogP contribution in [0.1, 0.15) is 18.1 Å². The predicted molar refractivity (Wildman–Crippen MR) is 113 cm³/mol. The summed E-state index contributed by atoms with van der Waals surface area (Å²) in [5.41, 5.74) is 1.22. The number of halogens is 2. The van der Waals surface area contributed by atoms with Crippen molar-refractivity contribution < 1.29 is 23.4 Å². The number of benzene rings is 2. The van der Waals surface area contributed by atoms with E-state index in [-0.39, 0.29) is 11.6 Å². The number of rotatable bonds is 7. The quantitative estimate of drug-likeness (QED) is 0.242. The molecular formula is C21H17FINO4. The maximum absolute atomic E-state index is 13.4. The van der Waals surface area contributed by atoms with Crippen LogP contribution in [-0.2, 0) is 9.53 Å². The van der Waals surface area contributed by atoms with Crippen LogP contribution in [0.4, 0.5) is 4.39 Å². The zero-order valence-electron chi connectivity index (χ0n) is 15.1. The molecule has 0 saturated carbocycles. The molecule has 0 aromatic heterocycles. The maximum Gasteiger partial charge on any atom is 0.363 e. The second kappa shape index (κ2) is 9.01. The van der Waals surface area contributed by atoms with Crippen LogP contribution >= 0.6 is 22.6 Å². The smallest absolute Gasteiger partial charge is 0.363 e. The van der Waals surface area contributed by atoms with Crippen LogP contribution in [0.25, 0.3) is 6.08 Å². The molecule has 28 heavy (non-hydrogen) atoms. The minimum atomic E-state index is -0.598. The van der Waals surface area contributed by atoms with Crippen LogP contribution in [0.5, 0.6) is 11.5 Å². The largest absolute Gasteiger partial charge is 0.490 e. The van der Waals surface area contributed by atoms with Crippen molar-refractivity contribution in [3.05, 3.63) is 75.3 Å². The van der Waals surface area contributed by atoms with Crippen LogP contribution in [0.3, 0.4) is 0 Å². The topological polar surface area (TPSA) is 57.1 Å². The summed E-state index contributed by atoms with van der Waals surface area (Å²) in [5.74, 6) is 0.214. The van der Waals surface area contributed by atoms with E-state index in [1.165, 1.54) is 18.2 Å². The minimum Gasteiger partial charge on any atom is -0.490 e. The van der Waals surface area contributed by atoms with Crippen LogP contribution in [-0.4, -0.2) is 25.1 Å².